The minimum Gasteiger partial charge on any atom is -0.393 e. The Morgan fingerprint density at radius 2 is 2.20 bits per heavy atom. The smallest absolute Gasteiger partial charge is 0.252 e. The molecule has 4 nitrogen and oxygen atoms in total. The van der Waals surface area contributed by atoms with Crippen molar-refractivity contribution in [2.75, 3.05) is 6.54 Å². The predicted octanol–water partition coefficient (Wildman–Crippen LogP) is 2.62. The molecule has 1 N–H and O–H groups in total. The van der Waals surface area contributed by atoms with E-state index in [1.165, 1.54) is 11.3 Å². The van der Waals surface area contributed by atoms with Gasteiger partial charge < -0.3 is 5.11 Å². The molecule has 0 aliphatic carbocycles. The van der Waals surface area contributed by atoms with Gasteiger partial charge in [-0.05, 0) is 44.7 Å². The highest BCUT2D eigenvalue weighted by molar-refractivity contribution is 7.91. The van der Waals surface area contributed by atoms with E-state index in [2.05, 4.69) is 0 Å². The summed E-state index contributed by atoms with van der Waals surface area (Å²) in [6.45, 7) is 4.32. The average molecular weight is 317 g/mol. The van der Waals surface area contributed by atoms with E-state index in [1.807, 2.05) is 13.0 Å². The minimum atomic E-state index is -3.41. The lowest BCUT2D eigenvalue weighted by Crippen LogP contribution is -2.44. The van der Waals surface area contributed by atoms with E-state index in [0.717, 1.165) is 30.6 Å². The van der Waals surface area contributed by atoms with E-state index in [4.69, 9.17) is 0 Å². The molecule has 1 aromatic heterocycles. The van der Waals surface area contributed by atoms with E-state index in [-0.39, 0.29) is 6.04 Å². The fourth-order valence-electron chi connectivity index (χ4n) is 2.72. The molecule has 2 heterocycles. The fourth-order valence-corrected chi connectivity index (χ4v) is 5.85. The van der Waals surface area contributed by atoms with Gasteiger partial charge in [0.1, 0.15) is 4.21 Å². The van der Waals surface area contributed by atoms with Crippen molar-refractivity contribution in [1.29, 1.82) is 0 Å². The van der Waals surface area contributed by atoms with Crippen molar-refractivity contribution in [1.82, 2.24) is 4.31 Å². The Kier molecular flexibility index (Phi) is 5.23. The third kappa shape index (κ3) is 3.42. The zero-order chi connectivity index (χ0) is 14.8. The first-order valence-electron chi connectivity index (χ1n) is 7.23. The standard InChI is InChI=1S/C14H23NO3S2/c1-3-13-7-8-14(19-13)20(17,18)15-9-5-4-6-12(15)10-11(2)16/h7-8,11-12,16H,3-6,9-10H2,1-2H3. The number of piperidine rings is 1. The molecule has 0 spiro atoms. The van der Waals surface area contributed by atoms with Gasteiger partial charge in [0, 0.05) is 17.5 Å². The largest absolute Gasteiger partial charge is 0.393 e. The van der Waals surface area contributed by atoms with Gasteiger partial charge in [0.25, 0.3) is 10.0 Å². The highest BCUT2D eigenvalue weighted by Gasteiger charge is 2.34. The molecule has 2 rings (SSSR count). The van der Waals surface area contributed by atoms with Crippen molar-refractivity contribution < 1.29 is 13.5 Å². The number of rotatable bonds is 5. The van der Waals surface area contributed by atoms with Gasteiger partial charge in [-0.2, -0.15) is 4.31 Å². The number of sulfonamides is 1. The van der Waals surface area contributed by atoms with Gasteiger partial charge in [0.15, 0.2) is 0 Å². The second kappa shape index (κ2) is 6.56. The van der Waals surface area contributed by atoms with E-state index in [9.17, 15) is 13.5 Å². The van der Waals surface area contributed by atoms with Gasteiger partial charge in [-0.3, -0.25) is 0 Å². The van der Waals surface area contributed by atoms with Crippen molar-refractivity contribution in [3.8, 4) is 0 Å². The molecule has 0 radical (unpaired) electrons. The molecular formula is C14H23NO3S2. The van der Waals surface area contributed by atoms with Crippen LogP contribution in [0.2, 0.25) is 0 Å². The Labute approximate surface area is 125 Å². The van der Waals surface area contributed by atoms with Crippen LogP contribution in [0.25, 0.3) is 0 Å². The van der Waals surface area contributed by atoms with Crippen LogP contribution < -0.4 is 0 Å². The minimum absolute atomic E-state index is 0.0686. The molecule has 20 heavy (non-hydrogen) atoms. The number of aliphatic hydroxyl groups is 1. The van der Waals surface area contributed by atoms with Crippen molar-refractivity contribution in [2.24, 2.45) is 0 Å². The second-order valence-electron chi connectivity index (χ2n) is 5.42. The van der Waals surface area contributed by atoms with E-state index >= 15 is 0 Å². The highest BCUT2D eigenvalue weighted by Crippen LogP contribution is 2.31. The Hall–Kier alpha value is -0.430. The van der Waals surface area contributed by atoms with Crippen molar-refractivity contribution in [3.05, 3.63) is 17.0 Å². The molecule has 1 saturated heterocycles. The van der Waals surface area contributed by atoms with Crippen molar-refractivity contribution in [2.45, 2.75) is 62.3 Å². The summed E-state index contributed by atoms with van der Waals surface area (Å²) in [5.41, 5.74) is 0. The van der Waals surface area contributed by atoms with E-state index < -0.39 is 16.1 Å². The van der Waals surface area contributed by atoms with Gasteiger partial charge in [0.2, 0.25) is 0 Å². The molecule has 0 bridgehead atoms. The van der Waals surface area contributed by atoms with Gasteiger partial charge in [0.05, 0.1) is 6.10 Å². The van der Waals surface area contributed by atoms with Crippen LogP contribution in [0.1, 0.15) is 44.4 Å². The Morgan fingerprint density at radius 1 is 1.45 bits per heavy atom. The molecule has 1 aromatic rings. The highest BCUT2D eigenvalue weighted by atomic mass is 32.2. The van der Waals surface area contributed by atoms with Crippen molar-refractivity contribution >= 4 is 21.4 Å². The summed E-state index contributed by atoms with van der Waals surface area (Å²) < 4.78 is 27.6. The Bertz CT molecular complexity index is 536. The van der Waals surface area contributed by atoms with Crippen LogP contribution in [0.3, 0.4) is 0 Å². The van der Waals surface area contributed by atoms with Crippen LogP contribution >= 0.6 is 11.3 Å². The van der Waals surface area contributed by atoms with Crippen LogP contribution in [0.5, 0.6) is 0 Å². The summed E-state index contributed by atoms with van der Waals surface area (Å²) in [5, 5.41) is 9.58. The predicted molar refractivity (Wildman–Crippen MR) is 81.5 cm³/mol. The van der Waals surface area contributed by atoms with Crippen LogP contribution in [0.4, 0.5) is 0 Å². The SMILES string of the molecule is CCc1ccc(S(=O)(=O)N2CCCCC2CC(C)O)s1. The second-order valence-corrected chi connectivity index (χ2v) is 8.71. The molecule has 0 saturated carbocycles. The maximum atomic E-state index is 12.8. The third-order valence-corrected chi connectivity index (χ3v) is 7.38. The third-order valence-electron chi connectivity index (χ3n) is 3.73. The van der Waals surface area contributed by atoms with Crippen LogP contribution in [-0.2, 0) is 16.4 Å². The first kappa shape index (κ1) is 15.9. The molecule has 0 amide bonds. The summed E-state index contributed by atoms with van der Waals surface area (Å²) in [5.74, 6) is 0. The van der Waals surface area contributed by atoms with E-state index in [0.29, 0.717) is 17.2 Å². The number of aryl methyl sites for hydroxylation is 1. The number of nitrogens with zero attached hydrogens (tertiary/aromatic N) is 1. The molecule has 2 atom stereocenters. The fraction of sp³-hybridized carbons (Fsp3) is 0.714. The molecule has 0 aromatic carbocycles. The first-order chi connectivity index (χ1) is 9.45. The van der Waals surface area contributed by atoms with Gasteiger partial charge in [-0.1, -0.05) is 13.3 Å². The Balaban J connectivity index is 2.25. The molecule has 1 aliphatic rings. The van der Waals surface area contributed by atoms with E-state index in [1.54, 1.807) is 17.3 Å². The molecule has 1 aliphatic heterocycles. The normalized spacial score (nSPS) is 22.9. The summed E-state index contributed by atoms with van der Waals surface area (Å²) in [6, 6.07) is 3.54. The maximum Gasteiger partial charge on any atom is 0.252 e. The molecule has 114 valence electrons. The first-order valence-corrected chi connectivity index (χ1v) is 9.49. The van der Waals surface area contributed by atoms with Crippen LogP contribution in [-0.4, -0.2) is 36.5 Å². The number of thiophene rings is 1. The molecule has 6 heteroatoms. The lowest BCUT2D eigenvalue weighted by molar-refractivity contribution is 0.132. The average Bonchev–Trinajstić information content (AvgIpc) is 2.88. The number of aliphatic hydroxyl groups excluding tert-OH is 1. The topological polar surface area (TPSA) is 57.6 Å². The zero-order valence-electron chi connectivity index (χ0n) is 12.1. The molecule has 1 fully saturated rings. The summed E-state index contributed by atoms with van der Waals surface area (Å²) >= 11 is 1.36. The Morgan fingerprint density at radius 3 is 2.80 bits per heavy atom. The number of hydrogen-bond donors (Lipinski definition) is 1. The summed E-state index contributed by atoms with van der Waals surface area (Å²) in [7, 11) is -3.41. The summed E-state index contributed by atoms with van der Waals surface area (Å²) in [6.07, 6.45) is 3.69. The lowest BCUT2D eigenvalue weighted by atomic mass is 10.00. The lowest BCUT2D eigenvalue weighted by Gasteiger charge is -2.35. The number of hydrogen-bond acceptors (Lipinski definition) is 4. The van der Waals surface area contributed by atoms with Crippen LogP contribution in [0.15, 0.2) is 16.3 Å². The van der Waals surface area contributed by atoms with Gasteiger partial charge in [-0.15, -0.1) is 11.3 Å². The van der Waals surface area contributed by atoms with Gasteiger partial charge >= 0.3 is 0 Å². The quantitative estimate of drug-likeness (QED) is 0.908. The zero-order valence-corrected chi connectivity index (χ0v) is 13.7. The maximum absolute atomic E-state index is 12.8. The molecular weight excluding hydrogens is 294 g/mol. The van der Waals surface area contributed by atoms with Crippen LogP contribution in [0, 0.1) is 0 Å². The van der Waals surface area contributed by atoms with Crippen molar-refractivity contribution in [3.63, 3.8) is 0 Å². The monoisotopic (exact) mass is 317 g/mol. The molecule has 2 unspecified atom stereocenters. The van der Waals surface area contributed by atoms with Gasteiger partial charge in [-0.25, -0.2) is 8.42 Å². The summed E-state index contributed by atoms with van der Waals surface area (Å²) in [4.78, 5) is 1.09.